The van der Waals surface area contributed by atoms with Crippen molar-refractivity contribution in [3.63, 3.8) is 0 Å². The van der Waals surface area contributed by atoms with E-state index in [4.69, 9.17) is 0 Å². The van der Waals surface area contributed by atoms with E-state index in [9.17, 15) is 23.1 Å². The number of aliphatic hydroxyl groups excluding tert-OH is 1. The van der Waals surface area contributed by atoms with Crippen molar-refractivity contribution in [2.75, 3.05) is 0 Å². The predicted molar refractivity (Wildman–Crippen MR) is 81.9 cm³/mol. The van der Waals surface area contributed by atoms with E-state index >= 15 is 0 Å². The van der Waals surface area contributed by atoms with Gasteiger partial charge >= 0.3 is 6.18 Å². The quantitative estimate of drug-likeness (QED) is 0.754. The molecule has 0 fully saturated rings. The second-order valence-electron chi connectivity index (χ2n) is 5.28. The normalized spacial score (nSPS) is 13.6. The molecule has 0 aliphatic heterocycles. The van der Waals surface area contributed by atoms with Gasteiger partial charge in [-0.05, 0) is 26.0 Å². The molecule has 0 aliphatic rings. The number of hydrogen-bond acceptors (Lipinski definition) is 5. The molecule has 3 aromatic heterocycles. The van der Waals surface area contributed by atoms with Gasteiger partial charge in [0.1, 0.15) is 21.8 Å². The number of H-pyrrole nitrogens is 1. The average Bonchev–Trinajstić information content (AvgIpc) is 3.10. The number of nitrogens with zero attached hydrogens (tertiary/aromatic N) is 3. The maximum Gasteiger partial charge on any atom is 0.425 e. The van der Waals surface area contributed by atoms with Crippen molar-refractivity contribution < 1.29 is 18.3 Å². The second-order valence-corrected chi connectivity index (χ2v) is 6.39. The van der Waals surface area contributed by atoms with Gasteiger partial charge in [0.2, 0.25) is 0 Å². The second kappa shape index (κ2) is 5.71. The zero-order valence-electron chi connectivity index (χ0n) is 12.7. The van der Waals surface area contributed by atoms with Gasteiger partial charge in [0, 0.05) is 4.88 Å². The van der Waals surface area contributed by atoms with Crippen LogP contribution in [0.4, 0.5) is 13.2 Å². The van der Waals surface area contributed by atoms with Crippen LogP contribution in [-0.2, 0) is 12.8 Å². The fourth-order valence-electron chi connectivity index (χ4n) is 2.46. The van der Waals surface area contributed by atoms with Gasteiger partial charge in [0.05, 0.1) is 12.6 Å². The molecule has 0 bridgehead atoms. The molecule has 0 saturated carbocycles. The topological polar surface area (TPSA) is 83.8 Å². The largest absolute Gasteiger partial charge is 0.425 e. The van der Waals surface area contributed by atoms with Crippen LogP contribution >= 0.6 is 11.3 Å². The van der Waals surface area contributed by atoms with Crippen LogP contribution in [0.5, 0.6) is 0 Å². The van der Waals surface area contributed by atoms with Gasteiger partial charge in [-0.25, -0.2) is 9.67 Å². The minimum atomic E-state index is -4.41. The number of aromatic amines is 1. The number of alkyl halides is 3. The predicted octanol–water partition coefficient (Wildman–Crippen LogP) is 2.61. The minimum Gasteiger partial charge on any atom is -0.390 e. The first-order valence-corrected chi connectivity index (χ1v) is 7.79. The minimum absolute atomic E-state index is 0.137. The van der Waals surface area contributed by atoms with Crippen molar-refractivity contribution in [2.45, 2.75) is 32.7 Å². The Balaban J connectivity index is 2.15. The van der Waals surface area contributed by atoms with Crippen molar-refractivity contribution in [3.05, 3.63) is 43.8 Å². The highest BCUT2D eigenvalue weighted by Crippen LogP contribution is 2.37. The smallest absolute Gasteiger partial charge is 0.390 e. The number of aromatic nitrogens is 4. The lowest BCUT2D eigenvalue weighted by atomic mass is 10.2. The lowest BCUT2D eigenvalue weighted by Gasteiger charge is -2.11. The molecule has 1 unspecified atom stereocenters. The number of aliphatic hydroxyl groups is 1. The molecule has 0 amide bonds. The number of thiophene rings is 1. The monoisotopic (exact) mass is 358 g/mol. The third-order valence-corrected chi connectivity index (χ3v) is 4.89. The first-order chi connectivity index (χ1) is 11.2. The molecule has 0 spiro atoms. The number of halogens is 3. The van der Waals surface area contributed by atoms with Crippen molar-refractivity contribution in [1.82, 2.24) is 19.7 Å². The molecule has 3 heterocycles. The Hall–Kier alpha value is -2.20. The van der Waals surface area contributed by atoms with Crippen molar-refractivity contribution in [1.29, 1.82) is 0 Å². The molecular weight excluding hydrogens is 345 g/mol. The van der Waals surface area contributed by atoms with Crippen LogP contribution in [0.3, 0.4) is 0 Å². The third-order valence-electron chi connectivity index (χ3n) is 3.59. The van der Waals surface area contributed by atoms with Gasteiger partial charge in [-0.3, -0.25) is 4.79 Å². The highest BCUT2D eigenvalue weighted by atomic mass is 32.1. The number of nitrogens with one attached hydrogen (secondary N) is 1. The van der Waals surface area contributed by atoms with Gasteiger partial charge in [0.25, 0.3) is 5.56 Å². The lowest BCUT2D eigenvalue weighted by molar-refractivity contribution is -0.134. The molecule has 0 aromatic carbocycles. The van der Waals surface area contributed by atoms with Crippen LogP contribution in [0.15, 0.2) is 16.9 Å². The highest BCUT2D eigenvalue weighted by molar-refractivity contribution is 7.12. The van der Waals surface area contributed by atoms with E-state index in [1.54, 1.807) is 13.8 Å². The Kier molecular flexibility index (Phi) is 3.96. The van der Waals surface area contributed by atoms with Gasteiger partial charge in [0.15, 0.2) is 5.65 Å². The van der Waals surface area contributed by atoms with Crippen molar-refractivity contribution in [2.24, 2.45) is 0 Å². The molecule has 6 nitrogen and oxygen atoms in total. The third kappa shape index (κ3) is 2.71. The summed E-state index contributed by atoms with van der Waals surface area (Å²) in [6.07, 6.45) is -4.41. The molecule has 0 aliphatic carbocycles. The number of hydrogen-bond donors (Lipinski definition) is 2. The Labute approximate surface area is 137 Å². The molecular formula is C14H13F3N4O2S. The molecule has 0 saturated heterocycles. The Bertz CT molecular complexity index is 957. The van der Waals surface area contributed by atoms with E-state index < -0.39 is 29.3 Å². The Morgan fingerprint density at radius 2 is 2.12 bits per heavy atom. The van der Waals surface area contributed by atoms with Gasteiger partial charge < -0.3 is 10.1 Å². The number of aryl methyl sites for hydroxylation is 1. The lowest BCUT2D eigenvalue weighted by Crippen LogP contribution is -2.13. The first-order valence-electron chi connectivity index (χ1n) is 6.98. The fraction of sp³-hybridized carbons (Fsp3) is 0.357. The first kappa shape index (κ1) is 16.7. The summed E-state index contributed by atoms with van der Waals surface area (Å²) < 4.78 is 39.7. The summed E-state index contributed by atoms with van der Waals surface area (Å²) >= 11 is 0.615. The van der Waals surface area contributed by atoms with E-state index in [-0.39, 0.29) is 16.7 Å². The summed E-state index contributed by atoms with van der Waals surface area (Å²) in [5.74, 6) is 0.354. The van der Waals surface area contributed by atoms with Gasteiger partial charge in [-0.2, -0.15) is 18.3 Å². The summed E-state index contributed by atoms with van der Waals surface area (Å²) in [4.78, 5) is 18.6. The summed E-state index contributed by atoms with van der Waals surface area (Å²) in [5.41, 5.74) is -0.0740. The van der Waals surface area contributed by atoms with Crippen LogP contribution < -0.4 is 5.56 Å². The van der Waals surface area contributed by atoms with Crippen LogP contribution in [0, 0.1) is 6.92 Å². The standard InChI is InChI=1S/C14H13F3N4O2S/c1-6(9-3-4-10(24-9)14(15,16)17)21-12-11(8(5-22)20-21)13(23)19-7(2)18-12/h3-4,6,22H,5H2,1-2H3,(H,18,19,23). The molecule has 3 aromatic rings. The van der Waals surface area contributed by atoms with Crippen LogP contribution in [0.25, 0.3) is 11.0 Å². The van der Waals surface area contributed by atoms with E-state index in [0.29, 0.717) is 22.0 Å². The highest BCUT2D eigenvalue weighted by Gasteiger charge is 2.33. The molecule has 24 heavy (non-hydrogen) atoms. The summed E-state index contributed by atoms with van der Waals surface area (Å²) in [6, 6.07) is 1.83. The summed E-state index contributed by atoms with van der Waals surface area (Å²) in [7, 11) is 0. The van der Waals surface area contributed by atoms with E-state index in [1.165, 1.54) is 10.7 Å². The molecule has 3 rings (SSSR count). The molecule has 1 atom stereocenters. The maximum absolute atomic E-state index is 12.8. The van der Waals surface area contributed by atoms with Crippen molar-refractivity contribution in [3.8, 4) is 0 Å². The number of rotatable bonds is 3. The van der Waals surface area contributed by atoms with E-state index in [0.717, 1.165) is 6.07 Å². The van der Waals surface area contributed by atoms with Crippen LogP contribution in [-0.4, -0.2) is 24.9 Å². The fourth-order valence-corrected chi connectivity index (χ4v) is 3.37. The van der Waals surface area contributed by atoms with Gasteiger partial charge in [-0.15, -0.1) is 11.3 Å². The summed E-state index contributed by atoms with van der Waals surface area (Å²) in [5, 5.41) is 13.7. The average molecular weight is 358 g/mol. The SMILES string of the molecule is Cc1nc2c(c(CO)nn2C(C)c2ccc(C(F)(F)F)s2)c(=O)[nH]1. The zero-order valence-corrected chi connectivity index (χ0v) is 13.5. The van der Waals surface area contributed by atoms with E-state index in [2.05, 4.69) is 15.1 Å². The van der Waals surface area contributed by atoms with Crippen LogP contribution in [0.1, 0.15) is 34.2 Å². The molecule has 2 N–H and O–H groups in total. The Morgan fingerprint density at radius 3 is 2.71 bits per heavy atom. The van der Waals surface area contributed by atoms with Gasteiger partial charge in [-0.1, -0.05) is 0 Å². The molecule has 128 valence electrons. The summed E-state index contributed by atoms with van der Waals surface area (Å²) in [6.45, 7) is 2.79. The maximum atomic E-state index is 12.8. The van der Waals surface area contributed by atoms with Crippen molar-refractivity contribution >= 4 is 22.4 Å². The molecule has 10 heteroatoms. The Morgan fingerprint density at radius 1 is 1.42 bits per heavy atom. The number of fused-ring (bicyclic) bond motifs is 1. The molecule has 0 radical (unpaired) electrons. The van der Waals surface area contributed by atoms with E-state index in [1.807, 2.05) is 0 Å². The van der Waals surface area contributed by atoms with Crippen LogP contribution in [0.2, 0.25) is 0 Å². The zero-order chi connectivity index (χ0) is 17.6.